The highest BCUT2D eigenvalue weighted by atomic mass is 35.5. The fourth-order valence-electron chi connectivity index (χ4n) is 2.60. The van der Waals surface area contributed by atoms with E-state index in [1.807, 2.05) is 0 Å². The molecule has 1 fully saturated rings. The number of carbonyl (C=O) groups excluding carboxylic acids is 1. The Morgan fingerprint density at radius 2 is 2.26 bits per heavy atom. The molecule has 106 valence electrons. The SMILES string of the molecule is CCC1CCC(O)(CNC(=O)c2ccoc2Cl)CC1. The van der Waals surface area contributed by atoms with Gasteiger partial charge in [0.25, 0.3) is 5.91 Å². The average molecular weight is 286 g/mol. The molecule has 1 heterocycles. The number of halogens is 1. The molecular formula is C14H20ClNO3. The maximum atomic E-state index is 11.9. The number of hydrogen-bond acceptors (Lipinski definition) is 3. The molecule has 1 amide bonds. The second-order valence-corrected chi connectivity index (χ2v) is 5.71. The second kappa shape index (κ2) is 5.97. The maximum absolute atomic E-state index is 11.9. The molecule has 1 aliphatic rings. The van der Waals surface area contributed by atoms with Crippen LogP contribution in [0.15, 0.2) is 16.7 Å². The molecule has 0 atom stereocenters. The summed E-state index contributed by atoms with van der Waals surface area (Å²) in [4.78, 5) is 11.9. The summed E-state index contributed by atoms with van der Waals surface area (Å²) < 4.78 is 4.87. The van der Waals surface area contributed by atoms with Gasteiger partial charge in [0.2, 0.25) is 5.22 Å². The predicted octanol–water partition coefficient (Wildman–Crippen LogP) is 2.99. The van der Waals surface area contributed by atoms with Gasteiger partial charge in [-0.2, -0.15) is 0 Å². The van der Waals surface area contributed by atoms with Gasteiger partial charge < -0.3 is 14.8 Å². The van der Waals surface area contributed by atoms with E-state index in [0.29, 0.717) is 11.5 Å². The zero-order valence-corrected chi connectivity index (χ0v) is 11.9. The quantitative estimate of drug-likeness (QED) is 0.894. The van der Waals surface area contributed by atoms with Crippen molar-refractivity contribution < 1.29 is 14.3 Å². The number of hydrogen-bond donors (Lipinski definition) is 2. The van der Waals surface area contributed by atoms with E-state index in [9.17, 15) is 9.90 Å². The number of aliphatic hydroxyl groups is 1. The van der Waals surface area contributed by atoms with Crippen molar-refractivity contribution in [2.24, 2.45) is 5.92 Å². The van der Waals surface area contributed by atoms with Gasteiger partial charge in [-0.05, 0) is 49.3 Å². The van der Waals surface area contributed by atoms with Crippen molar-refractivity contribution in [2.45, 2.75) is 44.6 Å². The van der Waals surface area contributed by atoms with Gasteiger partial charge in [-0.25, -0.2) is 0 Å². The Hall–Kier alpha value is -1.00. The van der Waals surface area contributed by atoms with E-state index < -0.39 is 5.60 Å². The zero-order valence-electron chi connectivity index (χ0n) is 11.1. The van der Waals surface area contributed by atoms with E-state index >= 15 is 0 Å². The minimum atomic E-state index is -0.780. The standard InChI is InChI=1S/C14H20ClNO3/c1-2-10-3-6-14(18,7-4-10)9-16-13(17)11-5-8-19-12(11)15/h5,8,10,18H,2-4,6-7,9H2,1H3,(H,16,17). The number of carbonyl (C=O) groups is 1. The first-order valence-electron chi connectivity index (χ1n) is 6.77. The van der Waals surface area contributed by atoms with E-state index in [1.165, 1.54) is 12.3 Å². The van der Waals surface area contributed by atoms with Gasteiger partial charge in [0.15, 0.2) is 0 Å². The smallest absolute Gasteiger partial charge is 0.256 e. The van der Waals surface area contributed by atoms with Crippen molar-refractivity contribution in [3.05, 3.63) is 23.1 Å². The third-order valence-corrected chi connectivity index (χ3v) is 4.35. The molecule has 0 bridgehead atoms. The van der Waals surface area contributed by atoms with E-state index in [2.05, 4.69) is 12.2 Å². The molecule has 0 aromatic carbocycles. The van der Waals surface area contributed by atoms with Gasteiger partial charge in [-0.3, -0.25) is 4.79 Å². The van der Waals surface area contributed by atoms with Crippen LogP contribution in [0.25, 0.3) is 0 Å². The lowest BCUT2D eigenvalue weighted by Crippen LogP contribution is -2.45. The summed E-state index contributed by atoms with van der Waals surface area (Å²) in [6.07, 6.45) is 6.06. The van der Waals surface area contributed by atoms with Gasteiger partial charge >= 0.3 is 0 Å². The van der Waals surface area contributed by atoms with Crippen LogP contribution in [0.1, 0.15) is 49.4 Å². The molecule has 0 radical (unpaired) electrons. The summed E-state index contributed by atoms with van der Waals surface area (Å²) in [6, 6.07) is 1.52. The Kier molecular flexibility index (Phi) is 4.53. The molecule has 0 spiro atoms. The Labute approximate surface area is 118 Å². The summed E-state index contributed by atoms with van der Waals surface area (Å²) in [6.45, 7) is 2.45. The first-order valence-corrected chi connectivity index (χ1v) is 7.15. The van der Waals surface area contributed by atoms with Crippen molar-refractivity contribution in [1.29, 1.82) is 0 Å². The topological polar surface area (TPSA) is 62.5 Å². The highest BCUT2D eigenvalue weighted by molar-refractivity contribution is 6.32. The van der Waals surface area contributed by atoms with Crippen LogP contribution in [0.5, 0.6) is 0 Å². The van der Waals surface area contributed by atoms with Crippen LogP contribution in [-0.2, 0) is 0 Å². The Morgan fingerprint density at radius 3 is 2.79 bits per heavy atom. The van der Waals surface area contributed by atoms with Gasteiger partial charge in [0.1, 0.15) is 0 Å². The van der Waals surface area contributed by atoms with Gasteiger partial charge in [-0.1, -0.05) is 13.3 Å². The first-order chi connectivity index (χ1) is 9.04. The van der Waals surface area contributed by atoms with Gasteiger partial charge in [0.05, 0.1) is 17.4 Å². The van der Waals surface area contributed by atoms with Crippen LogP contribution in [0.4, 0.5) is 0 Å². The Balaban J connectivity index is 1.85. The van der Waals surface area contributed by atoms with Crippen LogP contribution >= 0.6 is 11.6 Å². The maximum Gasteiger partial charge on any atom is 0.256 e. The van der Waals surface area contributed by atoms with Crippen LogP contribution in [0.2, 0.25) is 5.22 Å². The third kappa shape index (κ3) is 3.51. The number of amides is 1. The molecule has 1 aromatic rings. The molecule has 1 saturated carbocycles. The van der Waals surface area contributed by atoms with Crippen molar-refractivity contribution in [2.75, 3.05) is 6.54 Å². The molecule has 0 unspecified atom stereocenters. The monoisotopic (exact) mass is 285 g/mol. The van der Waals surface area contributed by atoms with E-state index in [-0.39, 0.29) is 17.7 Å². The van der Waals surface area contributed by atoms with Crippen LogP contribution in [-0.4, -0.2) is 23.2 Å². The molecule has 0 aliphatic heterocycles. The Morgan fingerprint density at radius 1 is 1.58 bits per heavy atom. The van der Waals surface area contributed by atoms with Crippen molar-refractivity contribution in [3.63, 3.8) is 0 Å². The fraction of sp³-hybridized carbons (Fsp3) is 0.643. The molecule has 1 aliphatic carbocycles. The predicted molar refractivity (Wildman–Crippen MR) is 73.3 cm³/mol. The number of nitrogens with one attached hydrogen (secondary N) is 1. The van der Waals surface area contributed by atoms with E-state index in [4.69, 9.17) is 16.0 Å². The summed E-state index contributed by atoms with van der Waals surface area (Å²) >= 11 is 5.74. The van der Waals surface area contributed by atoms with Gasteiger partial charge in [-0.15, -0.1) is 0 Å². The summed E-state index contributed by atoms with van der Waals surface area (Å²) in [5, 5.41) is 13.2. The Bertz CT molecular complexity index is 436. The normalized spacial score (nSPS) is 27.2. The minimum Gasteiger partial charge on any atom is -0.452 e. The highest BCUT2D eigenvalue weighted by Crippen LogP contribution is 2.33. The average Bonchev–Trinajstić information content (AvgIpc) is 2.83. The molecular weight excluding hydrogens is 266 g/mol. The van der Waals surface area contributed by atoms with E-state index in [1.54, 1.807) is 0 Å². The molecule has 0 saturated heterocycles. The highest BCUT2D eigenvalue weighted by Gasteiger charge is 2.33. The van der Waals surface area contributed by atoms with Gasteiger partial charge in [0, 0.05) is 6.54 Å². The first kappa shape index (κ1) is 14.4. The molecule has 2 rings (SSSR count). The summed E-state index contributed by atoms with van der Waals surface area (Å²) in [5.74, 6) is 0.407. The van der Waals surface area contributed by atoms with Crippen LogP contribution in [0.3, 0.4) is 0 Å². The minimum absolute atomic E-state index is 0.0826. The fourth-order valence-corrected chi connectivity index (χ4v) is 2.80. The van der Waals surface area contributed by atoms with Crippen molar-refractivity contribution in [3.8, 4) is 0 Å². The summed E-state index contributed by atoms with van der Waals surface area (Å²) in [7, 11) is 0. The zero-order chi connectivity index (χ0) is 13.9. The molecule has 1 aromatic heterocycles. The van der Waals surface area contributed by atoms with Crippen molar-refractivity contribution >= 4 is 17.5 Å². The summed E-state index contributed by atoms with van der Waals surface area (Å²) in [5.41, 5.74) is -0.468. The molecule has 2 N–H and O–H groups in total. The second-order valence-electron chi connectivity index (χ2n) is 5.37. The lowest BCUT2D eigenvalue weighted by atomic mass is 9.78. The van der Waals surface area contributed by atoms with E-state index in [0.717, 1.165) is 32.1 Å². The largest absolute Gasteiger partial charge is 0.452 e. The molecule has 5 heteroatoms. The van der Waals surface area contributed by atoms with Crippen molar-refractivity contribution in [1.82, 2.24) is 5.32 Å². The lowest BCUT2D eigenvalue weighted by molar-refractivity contribution is -0.00787. The van der Waals surface area contributed by atoms with Crippen LogP contribution in [0, 0.1) is 5.92 Å². The number of rotatable bonds is 4. The molecule has 19 heavy (non-hydrogen) atoms. The third-order valence-electron chi connectivity index (χ3n) is 4.05. The van der Waals surface area contributed by atoms with Crippen LogP contribution < -0.4 is 5.32 Å². The molecule has 4 nitrogen and oxygen atoms in total. The number of furan rings is 1. The lowest BCUT2D eigenvalue weighted by Gasteiger charge is -2.35.